The van der Waals surface area contributed by atoms with Crippen molar-refractivity contribution in [3.8, 4) is 5.95 Å². The summed E-state index contributed by atoms with van der Waals surface area (Å²) >= 11 is 0. The first-order chi connectivity index (χ1) is 9.39. The van der Waals surface area contributed by atoms with E-state index in [1.807, 2.05) is 33.8 Å². The number of hydrogen-bond acceptors (Lipinski definition) is 5. The fourth-order valence-electron chi connectivity index (χ4n) is 1.95. The number of rotatable bonds is 2. The van der Waals surface area contributed by atoms with Gasteiger partial charge in [-0.1, -0.05) is 0 Å². The molecule has 3 heterocycles. The maximum absolute atomic E-state index is 5.96. The zero-order valence-corrected chi connectivity index (χ0v) is 12.1. The zero-order chi connectivity index (χ0) is 14.4. The van der Waals surface area contributed by atoms with Gasteiger partial charge in [0.1, 0.15) is 0 Å². The molecular weight excluding hydrogens is 255 g/mol. The Balaban J connectivity index is 1.86. The molecule has 1 aliphatic rings. The van der Waals surface area contributed by atoms with Crippen molar-refractivity contribution in [1.29, 1.82) is 0 Å². The number of aromatic nitrogens is 4. The molecule has 0 saturated carbocycles. The van der Waals surface area contributed by atoms with Gasteiger partial charge < -0.3 is 9.31 Å². The molecule has 6 nitrogen and oxygen atoms in total. The Kier molecular flexibility index (Phi) is 2.91. The molecule has 7 heteroatoms. The highest BCUT2D eigenvalue weighted by atomic mass is 16.7. The molecule has 0 aromatic carbocycles. The largest absolute Gasteiger partial charge is 0.516 e. The average molecular weight is 272 g/mol. The molecule has 3 rings (SSSR count). The van der Waals surface area contributed by atoms with Crippen LogP contribution in [0.5, 0.6) is 0 Å². The van der Waals surface area contributed by atoms with Gasteiger partial charge in [-0.05, 0) is 39.8 Å². The third kappa shape index (κ3) is 2.12. The normalized spacial score (nSPS) is 20.3. The van der Waals surface area contributed by atoms with Crippen LogP contribution in [0.2, 0.25) is 0 Å². The number of nitrogens with zero attached hydrogens (tertiary/aromatic N) is 4. The van der Waals surface area contributed by atoms with Crippen LogP contribution in [0, 0.1) is 0 Å². The zero-order valence-electron chi connectivity index (χ0n) is 12.1. The van der Waals surface area contributed by atoms with E-state index in [0.29, 0.717) is 5.95 Å². The molecule has 2 aromatic heterocycles. The van der Waals surface area contributed by atoms with Crippen molar-refractivity contribution in [2.75, 3.05) is 0 Å². The Morgan fingerprint density at radius 1 is 1.05 bits per heavy atom. The Bertz CT molecular complexity index is 596. The second kappa shape index (κ2) is 4.39. The van der Waals surface area contributed by atoms with Gasteiger partial charge in [-0.15, -0.1) is 0 Å². The van der Waals surface area contributed by atoms with Crippen molar-refractivity contribution in [3.05, 3.63) is 30.7 Å². The predicted octanol–water partition coefficient (Wildman–Crippen LogP) is 0.961. The van der Waals surface area contributed by atoms with Crippen molar-refractivity contribution in [3.63, 3.8) is 0 Å². The Morgan fingerprint density at radius 2 is 1.65 bits per heavy atom. The van der Waals surface area contributed by atoms with E-state index in [4.69, 9.17) is 9.31 Å². The molecular formula is C13H17BN4O2. The van der Waals surface area contributed by atoms with Crippen LogP contribution in [0.25, 0.3) is 5.95 Å². The van der Waals surface area contributed by atoms with E-state index in [9.17, 15) is 0 Å². The highest BCUT2D eigenvalue weighted by molar-refractivity contribution is 6.61. The van der Waals surface area contributed by atoms with Crippen LogP contribution in [0.1, 0.15) is 27.7 Å². The van der Waals surface area contributed by atoms with Crippen LogP contribution in [0.4, 0.5) is 0 Å². The topological polar surface area (TPSA) is 62.1 Å². The summed E-state index contributed by atoms with van der Waals surface area (Å²) in [5.41, 5.74) is -0.0221. The minimum Gasteiger partial charge on any atom is -0.398 e. The minimum absolute atomic E-state index is 0.370. The summed E-state index contributed by atoms with van der Waals surface area (Å²) < 4.78 is 13.5. The molecule has 0 unspecified atom stereocenters. The van der Waals surface area contributed by atoms with Gasteiger partial charge in [0.15, 0.2) is 0 Å². The van der Waals surface area contributed by atoms with Crippen molar-refractivity contribution < 1.29 is 9.31 Å². The summed E-state index contributed by atoms with van der Waals surface area (Å²) in [6, 6.07) is 3.63. The molecule has 0 bridgehead atoms. The lowest BCUT2D eigenvalue weighted by Crippen LogP contribution is -2.41. The summed E-state index contributed by atoms with van der Waals surface area (Å²) in [6.07, 6.45) is 5.16. The monoisotopic (exact) mass is 272 g/mol. The lowest BCUT2D eigenvalue weighted by molar-refractivity contribution is 0.00578. The first-order valence-electron chi connectivity index (χ1n) is 6.58. The van der Waals surface area contributed by atoms with E-state index >= 15 is 0 Å². The van der Waals surface area contributed by atoms with Gasteiger partial charge in [0.05, 0.1) is 16.8 Å². The van der Waals surface area contributed by atoms with Crippen LogP contribution in [0.15, 0.2) is 30.7 Å². The third-order valence-electron chi connectivity index (χ3n) is 3.86. The summed E-state index contributed by atoms with van der Waals surface area (Å²) in [5.74, 6) is 0.523. The molecule has 0 atom stereocenters. The highest BCUT2D eigenvalue weighted by Crippen LogP contribution is 2.36. The maximum Gasteiger partial charge on any atom is 0.516 e. The first kappa shape index (κ1) is 13.3. The molecule has 0 spiro atoms. The Hall–Kier alpha value is -1.73. The van der Waals surface area contributed by atoms with Crippen LogP contribution in [-0.2, 0) is 9.31 Å². The van der Waals surface area contributed by atoms with Gasteiger partial charge >= 0.3 is 7.12 Å². The van der Waals surface area contributed by atoms with E-state index in [1.165, 1.54) is 0 Å². The van der Waals surface area contributed by atoms with E-state index in [0.717, 1.165) is 5.59 Å². The smallest absolute Gasteiger partial charge is 0.398 e. The molecule has 0 aliphatic carbocycles. The molecule has 104 valence electrons. The van der Waals surface area contributed by atoms with Crippen LogP contribution < -0.4 is 5.59 Å². The van der Waals surface area contributed by atoms with E-state index in [1.54, 1.807) is 29.3 Å². The van der Waals surface area contributed by atoms with Crippen LogP contribution in [0.3, 0.4) is 0 Å². The summed E-state index contributed by atoms with van der Waals surface area (Å²) in [6.45, 7) is 8.07. The van der Waals surface area contributed by atoms with Crippen LogP contribution in [-0.4, -0.2) is 38.1 Å². The second-order valence-corrected chi connectivity index (χ2v) is 5.82. The molecule has 1 fully saturated rings. The second-order valence-electron chi connectivity index (χ2n) is 5.82. The van der Waals surface area contributed by atoms with Crippen molar-refractivity contribution in [2.45, 2.75) is 38.9 Å². The first-order valence-corrected chi connectivity index (χ1v) is 6.58. The van der Waals surface area contributed by atoms with Crippen molar-refractivity contribution >= 4 is 12.7 Å². The third-order valence-corrected chi connectivity index (χ3v) is 3.86. The van der Waals surface area contributed by atoms with Gasteiger partial charge in [-0.3, -0.25) is 0 Å². The van der Waals surface area contributed by atoms with Crippen molar-refractivity contribution in [1.82, 2.24) is 19.7 Å². The predicted molar refractivity (Wildman–Crippen MR) is 74.9 cm³/mol. The lowest BCUT2D eigenvalue weighted by atomic mass is 9.85. The van der Waals surface area contributed by atoms with Gasteiger partial charge in [-0.25, -0.2) is 14.6 Å². The maximum atomic E-state index is 5.96. The molecule has 0 N–H and O–H groups in total. The Morgan fingerprint density at radius 3 is 2.25 bits per heavy atom. The fraction of sp³-hybridized carbons (Fsp3) is 0.462. The van der Waals surface area contributed by atoms with E-state index in [2.05, 4.69) is 15.1 Å². The highest BCUT2D eigenvalue weighted by Gasteiger charge is 2.52. The summed E-state index contributed by atoms with van der Waals surface area (Å²) in [7, 11) is -0.468. The molecule has 20 heavy (non-hydrogen) atoms. The quantitative estimate of drug-likeness (QED) is 0.762. The molecule has 1 aliphatic heterocycles. The van der Waals surface area contributed by atoms with E-state index < -0.39 is 7.12 Å². The molecule has 2 aromatic rings. The summed E-state index contributed by atoms with van der Waals surface area (Å²) in [4.78, 5) is 8.31. The Labute approximate surface area is 118 Å². The van der Waals surface area contributed by atoms with E-state index in [-0.39, 0.29) is 11.2 Å². The molecule has 1 saturated heterocycles. The molecule has 0 amide bonds. The SMILES string of the molecule is CC1(C)OB(c2ccn(-c3ncccn3)n2)OC1(C)C. The lowest BCUT2D eigenvalue weighted by Gasteiger charge is -2.32. The van der Waals surface area contributed by atoms with Gasteiger partial charge in [0, 0.05) is 18.6 Å². The fourth-order valence-corrected chi connectivity index (χ4v) is 1.95. The van der Waals surface area contributed by atoms with Crippen LogP contribution >= 0.6 is 0 Å². The minimum atomic E-state index is -0.468. The summed E-state index contributed by atoms with van der Waals surface area (Å²) in [5, 5.41) is 4.44. The van der Waals surface area contributed by atoms with Gasteiger partial charge in [0.25, 0.3) is 0 Å². The van der Waals surface area contributed by atoms with Gasteiger partial charge in [0.2, 0.25) is 5.95 Å². The number of hydrogen-bond donors (Lipinski definition) is 0. The standard InChI is InChI=1S/C13H17BN4O2/c1-12(2)13(3,4)20-14(19-12)10-6-9-18(17-10)11-15-7-5-8-16-11/h5-9H,1-4H3. The average Bonchev–Trinajstić information content (AvgIpc) is 2.94. The molecule has 0 radical (unpaired) electrons. The van der Waals surface area contributed by atoms with Gasteiger partial charge in [-0.2, -0.15) is 5.10 Å². The van der Waals surface area contributed by atoms with Crippen molar-refractivity contribution in [2.24, 2.45) is 0 Å².